The molecule has 3 aromatic heterocycles. The standard InChI is InChI=1S/C18H10ClF3N6O3S/c19-9-4-5-24-7-13(9)32(30,31)12-3-1-2-11(14(12)15(23)29)28-8-26-10-6-25-17(18(20,21)22)27-16(10)28/h1-8H,(H2,23,29). The van der Waals surface area contributed by atoms with Gasteiger partial charge < -0.3 is 5.73 Å². The Morgan fingerprint density at radius 1 is 1.09 bits per heavy atom. The summed E-state index contributed by atoms with van der Waals surface area (Å²) in [5.41, 5.74) is 4.53. The van der Waals surface area contributed by atoms with Gasteiger partial charge >= 0.3 is 6.18 Å². The van der Waals surface area contributed by atoms with Crippen molar-refractivity contribution < 1.29 is 26.4 Å². The van der Waals surface area contributed by atoms with Crippen LogP contribution in [0.25, 0.3) is 16.9 Å². The van der Waals surface area contributed by atoms with Crippen LogP contribution in [0.4, 0.5) is 13.2 Å². The Labute approximate surface area is 182 Å². The van der Waals surface area contributed by atoms with Crippen molar-refractivity contribution in [1.29, 1.82) is 0 Å². The highest BCUT2D eigenvalue weighted by Crippen LogP contribution is 2.33. The van der Waals surface area contributed by atoms with Gasteiger partial charge in [-0.3, -0.25) is 14.3 Å². The number of sulfone groups is 1. The van der Waals surface area contributed by atoms with Crippen LogP contribution in [-0.2, 0) is 16.0 Å². The van der Waals surface area contributed by atoms with Crippen molar-refractivity contribution in [2.75, 3.05) is 0 Å². The highest BCUT2D eigenvalue weighted by atomic mass is 35.5. The number of aromatic nitrogens is 5. The van der Waals surface area contributed by atoms with Crippen LogP contribution in [0, 0.1) is 0 Å². The number of nitrogens with two attached hydrogens (primary N) is 1. The number of imidazole rings is 1. The van der Waals surface area contributed by atoms with Gasteiger partial charge in [0.2, 0.25) is 15.7 Å². The molecular formula is C18H10ClF3N6O3S. The molecule has 0 radical (unpaired) electrons. The van der Waals surface area contributed by atoms with E-state index in [9.17, 15) is 26.4 Å². The quantitative estimate of drug-likeness (QED) is 0.472. The highest BCUT2D eigenvalue weighted by molar-refractivity contribution is 7.91. The van der Waals surface area contributed by atoms with Crippen molar-refractivity contribution in [3.8, 4) is 5.69 Å². The fourth-order valence-electron chi connectivity index (χ4n) is 2.99. The van der Waals surface area contributed by atoms with Crippen molar-refractivity contribution in [2.24, 2.45) is 5.73 Å². The lowest BCUT2D eigenvalue weighted by molar-refractivity contribution is -0.144. The molecular weight excluding hydrogens is 473 g/mol. The molecule has 3 heterocycles. The molecule has 0 unspecified atom stereocenters. The summed E-state index contributed by atoms with van der Waals surface area (Å²) in [6, 6.07) is 4.95. The largest absolute Gasteiger partial charge is 0.451 e. The Morgan fingerprint density at radius 3 is 2.50 bits per heavy atom. The molecule has 4 aromatic rings. The number of primary amides is 1. The highest BCUT2D eigenvalue weighted by Gasteiger charge is 2.35. The average molecular weight is 483 g/mol. The minimum absolute atomic E-state index is 0.0167. The van der Waals surface area contributed by atoms with Crippen LogP contribution >= 0.6 is 11.6 Å². The second-order valence-corrected chi connectivity index (χ2v) is 8.63. The molecule has 9 nitrogen and oxygen atoms in total. The molecule has 0 fully saturated rings. The Kier molecular flexibility index (Phi) is 5.09. The first kappa shape index (κ1) is 21.6. The minimum Gasteiger partial charge on any atom is -0.365 e. The molecule has 14 heteroatoms. The number of benzene rings is 1. The number of halogens is 4. The monoisotopic (exact) mass is 482 g/mol. The van der Waals surface area contributed by atoms with E-state index in [4.69, 9.17) is 17.3 Å². The zero-order valence-corrected chi connectivity index (χ0v) is 17.1. The van der Waals surface area contributed by atoms with Crippen molar-refractivity contribution in [3.63, 3.8) is 0 Å². The second-order valence-electron chi connectivity index (χ2n) is 6.34. The first-order valence-electron chi connectivity index (χ1n) is 8.57. The summed E-state index contributed by atoms with van der Waals surface area (Å²) in [6.07, 6.45) is -0.610. The average Bonchev–Trinajstić information content (AvgIpc) is 3.16. The summed E-state index contributed by atoms with van der Waals surface area (Å²) in [4.78, 5) is 25.8. The van der Waals surface area contributed by atoms with Gasteiger partial charge in [-0.25, -0.2) is 23.4 Å². The van der Waals surface area contributed by atoms with E-state index in [1.165, 1.54) is 24.4 Å². The van der Waals surface area contributed by atoms with Gasteiger partial charge in [0.05, 0.1) is 27.4 Å². The Balaban J connectivity index is 2.01. The minimum atomic E-state index is -4.84. The molecule has 0 aliphatic heterocycles. The van der Waals surface area contributed by atoms with Gasteiger partial charge in [-0.1, -0.05) is 17.7 Å². The predicted octanol–water partition coefficient (Wildman–Crippen LogP) is 2.81. The summed E-state index contributed by atoms with van der Waals surface area (Å²) in [5, 5.41) is -0.142. The van der Waals surface area contributed by atoms with Crippen molar-refractivity contribution >= 4 is 38.5 Å². The van der Waals surface area contributed by atoms with Gasteiger partial charge in [0.25, 0.3) is 5.91 Å². The summed E-state index contributed by atoms with van der Waals surface area (Å²) < 4.78 is 66.7. The van der Waals surface area contributed by atoms with Crippen LogP contribution < -0.4 is 5.73 Å². The lowest BCUT2D eigenvalue weighted by atomic mass is 10.1. The molecule has 0 bridgehead atoms. The molecule has 32 heavy (non-hydrogen) atoms. The molecule has 164 valence electrons. The first-order chi connectivity index (χ1) is 15.0. The van der Waals surface area contributed by atoms with Gasteiger partial charge in [-0.15, -0.1) is 0 Å². The van der Waals surface area contributed by atoms with Crippen LogP contribution in [0.1, 0.15) is 16.2 Å². The summed E-state index contributed by atoms with van der Waals surface area (Å²) in [7, 11) is -4.39. The van der Waals surface area contributed by atoms with E-state index in [0.29, 0.717) is 0 Å². The van der Waals surface area contributed by atoms with Crippen LogP contribution in [0.15, 0.2) is 59.0 Å². The molecule has 0 aliphatic carbocycles. The molecule has 1 amide bonds. The lowest BCUT2D eigenvalue weighted by Gasteiger charge is -2.14. The number of nitrogens with zero attached hydrogens (tertiary/aromatic N) is 5. The fraction of sp³-hybridized carbons (Fsp3) is 0.0556. The molecule has 0 atom stereocenters. The van der Waals surface area contributed by atoms with Gasteiger partial charge in [0, 0.05) is 12.4 Å². The molecule has 0 aliphatic rings. The number of carbonyl (C=O) groups excluding carboxylic acids is 1. The van der Waals surface area contributed by atoms with Gasteiger partial charge in [0.15, 0.2) is 5.65 Å². The van der Waals surface area contributed by atoms with Crippen LogP contribution in [0.5, 0.6) is 0 Å². The fourth-order valence-corrected chi connectivity index (χ4v) is 4.90. The number of pyridine rings is 1. The normalized spacial score (nSPS) is 12.2. The summed E-state index contributed by atoms with van der Waals surface area (Å²) in [5.74, 6) is -2.58. The maximum atomic E-state index is 13.2. The maximum absolute atomic E-state index is 13.2. The maximum Gasteiger partial charge on any atom is 0.451 e. The van der Waals surface area contributed by atoms with Crippen LogP contribution in [0.3, 0.4) is 0 Å². The van der Waals surface area contributed by atoms with E-state index >= 15 is 0 Å². The topological polar surface area (TPSA) is 134 Å². The van der Waals surface area contributed by atoms with Crippen molar-refractivity contribution in [3.05, 3.63) is 65.6 Å². The zero-order chi connectivity index (χ0) is 23.3. The third-order valence-electron chi connectivity index (χ3n) is 4.37. The van der Waals surface area contributed by atoms with Gasteiger partial charge in [-0.2, -0.15) is 13.2 Å². The number of amides is 1. The smallest absolute Gasteiger partial charge is 0.365 e. The van der Waals surface area contributed by atoms with E-state index in [0.717, 1.165) is 29.4 Å². The Hall–Kier alpha value is -3.58. The van der Waals surface area contributed by atoms with E-state index < -0.39 is 38.2 Å². The number of hydrogen-bond donors (Lipinski definition) is 1. The van der Waals surface area contributed by atoms with E-state index in [2.05, 4.69) is 19.9 Å². The molecule has 4 rings (SSSR count). The predicted molar refractivity (Wildman–Crippen MR) is 105 cm³/mol. The Morgan fingerprint density at radius 2 is 1.84 bits per heavy atom. The van der Waals surface area contributed by atoms with Crippen LogP contribution in [0.2, 0.25) is 5.02 Å². The second kappa shape index (κ2) is 7.53. The van der Waals surface area contributed by atoms with Crippen molar-refractivity contribution in [2.45, 2.75) is 16.0 Å². The molecule has 2 N–H and O–H groups in total. The van der Waals surface area contributed by atoms with Gasteiger partial charge in [-0.05, 0) is 18.2 Å². The van der Waals surface area contributed by atoms with E-state index in [1.807, 2.05) is 0 Å². The third-order valence-corrected chi connectivity index (χ3v) is 6.63. The van der Waals surface area contributed by atoms with Crippen molar-refractivity contribution in [1.82, 2.24) is 24.5 Å². The first-order valence-corrected chi connectivity index (χ1v) is 10.4. The molecule has 0 saturated carbocycles. The van der Waals surface area contributed by atoms with E-state index in [-0.39, 0.29) is 26.8 Å². The zero-order valence-electron chi connectivity index (χ0n) is 15.6. The molecule has 0 saturated heterocycles. The Bertz CT molecular complexity index is 1490. The summed E-state index contributed by atoms with van der Waals surface area (Å²) in [6.45, 7) is 0. The number of alkyl halides is 3. The van der Waals surface area contributed by atoms with Gasteiger partial charge in [0.1, 0.15) is 16.7 Å². The number of hydrogen-bond acceptors (Lipinski definition) is 7. The summed E-state index contributed by atoms with van der Waals surface area (Å²) >= 11 is 5.99. The van der Waals surface area contributed by atoms with Crippen LogP contribution in [-0.4, -0.2) is 38.8 Å². The van der Waals surface area contributed by atoms with E-state index in [1.54, 1.807) is 0 Å². The number of carbonyl (C=O) groups is 1. The number of rotatable bonds is 4. The number of fused-ring (bicyclic) bond motifs is 1. The SMILES string of the molecule is NC(=O)c1c(-n2cnc3cnc(C(F)(F)F)nc32)cccc1S(=O)(=O)c1cnccc1Cl. The third kappa shape index (κ3) is 3.54. The molecule has 1 aromatic carbocycles. The molecule has 0 spiro atoms. The lowest BCUT2D eigenvalue weighted by Crippen LogP contribution is -2.20.